The maximum absolute atomic E-state index is 12.7. The number of carboxylic acids is 1. The first-order chi connectivity index (χ1) is 12.8. The zero-order valence-electron chi connectivity index (χ0n) is 14.3. The van der Waals surface area contributed by atoms with Crippen LogP contribution in [0.4, 0.5) is 5.69 Å². The molecule has 0 heterocycles. The lowest BCUT2D eigenvalue weighted by Gasteiger charge is -2.11. The third kappa shape index (κ3) is 4.30. The van der Waals surface area contributed by atoms with Crippen molar-refractivity contribution in [2.75, 3.05) is 5.32 Å². The Morgan fingerprint density at radius 2 is 1.67 bits per heavy atom. The molecule has 3 rings (SSSR count). The minimum absolute atomic E-state index is 0.159. The summed E-state index contributed by atoms with van der Waals surface area (Å²) in [6.45, 7) is 1.73. The molecule has 0 saturated heterocycles. The van der Waals surface area contributed by atoms with Crippen molar-refractivity contribution in [2.24, 2.45) is 0 Å². The lowest BCUT2D eigenvalue weighted by Crippen LogP contribution is -2.14. The van der Waals surface area contributed by atoms with E-state index in [1.165, 1.54) is 12.1 Å². The van der Waals surface area contributed by atoms with Crippen LogP contribution in [0, 0.1) is 6.92 Å². The number of benzene rings is 3. The zero-order chi connectivity index (χ0) is 19.6. The number of aromatic carboxylic acids is 1. The number of carbonyl (C=O) groups excluding carboxylic acids is 1. The van der Waals surface area contributed by atoms with Gasteiger partial charge >= 0.3 is 5.97 Å². The van der Waals surface area contributed by atoms with E-state index in [-0.39, 0.29) is 11.5 Å². The third-order valence-electron chi connectivity index (χ3n) is 4.09. The Kier molecular flexibility index (Phi) is 5.49. The summed E-state index contributed by atoms with van der Waals surface area (Å²) in [7, 11) is 0. The number of halogens is 2. The first-order valence-corrected chi connectivity index (χ1v) is 8.81. The molecule has 0 aliphatic carbocycles. The number of anilines is 1. The van der Waals surface area contributed by atoms with E-state index in [0.29, 0.717) is 26.9 Å². The standard InChI is InChI=1S/C21H15Cl2NO3/c1-12-9-15(21(26)27)6-8-19(12)24-20(25)17-11-14(5-7-18(17)23)13-3-2-4-16(22)10-13/h2-11H,1H3,(H,24,25)(H,26,27). The summed E-state index contributed by atoms with van der Waals surface area (Å²) in [4.78, 5) is 23.8. The van der Waals surface area contributed by atoms with Crippen molar-refractivity contribution in [1.82, 2.24) is 0 Å². The van der Waals surface area contributed by atoms with Gasteiger partial charge in [0.2, 0.25) is 0 Å². The average molecular weight is 400 g/mol. The molecule has 0 unspecified atom stereocenters. The average Bonchev–Trinajstić information content (AvgIpc) is 2.63. The van der Waals surface area contributed by atoms with Crippen molar-refractivity contribution < 1.29 is 14.7 Å². The summed E-state index contributed by atoms with van der Waals surface area (Å²) in [5, 5.41) is 12.7. The largest absolute Gasteiger partial charge is 0.478 e. The summed E-state index contributed by atoms with van der Waals surface area (Å²) < 4.78 is 0. The predicted octanol–water partition coefficient (Wildman–Crippen LogP) is 5.92. The fourth-order valence-electron chi connectivity index (χ4n) is 2.67. The molecule has 0 aliphatic heterocycles. The van der Waals surface area contributed by atoms with Gasteiger partial charge in [0, 0.05) is 10.7 Å². The lowest BCUT2D eigenvalue weighted by atomic mass is 10.0. The number of hydrogen-bond acceptors (Lipinski definition) is 2. The van der Waals surface area contributed by atoms with Crippen LogP contribution in [0.3, 0.4) is 0 Å². The second-order valence-corrected chi connectivity index (χ2v) is 6.84. The number of aryl methyl sites for hydroxylation is 1. The number of nitrogens with one attached hydrogen (secondary N) is 1. The Morgan fingerprint density at radius 1 is 0.926 bits per heavy atom. The quantitative estimate of drug-likeness (QED) is 0.571. The highest BCUT2D eigenvalue weighted by atomic mass is 35.5. The second-order valence-electron chi connectivity index (χ2n) is 5.99. The van der Waals surface area contributed by atoms with Crippen molar-refractivity contribution in [1.29, 1.82) is 0 Å². The van der Waals surface area contributed by atoms with E-state index in [4.69, 9.17) is 28.3 Å². The molecule has 0 saturated carbocycles. The van der Waals surface area contributed by atoms with Gasteiger partial charge in [-0.15, -0.1) is 0 Å². The molecule has 6 heteroatoms. The van der Waals surface area contributed by atoms with Crippen LogP contribution in [0.5, 0.6) is 0 Å². The van der Waals surface area contributed by atoms with E-state index in [1.54, 1.807) is 37.3 Å². The molecule has 4 nitrogen and oxygen atoms in total. The molecule has 27 heavy (non-hydrogen) atoms. The smallest absolute Gasteiger partial charge is 0.335 e. The molecule has 136 valence electrons. The molecule has 0 aliphatic rings. The first-order valence-electron chi connectivity index (χ1n) is 8.06. The molecule has 1 amide bonds. The Balaban J connectivity index is 1.91. The van der Waals surface area contributed by atoms with E-state index in [9.17, 15) is 9.59 Å². The number of carbonyl (C=O) groups is 2. The van der Waals surface area contributed by atoms with Gasteiger partial charge < -0.3 is 10.4 Å². The van der Waals surface area contributed by atoms with Gasteiger partial charge in [-0.25, -0.2) is 4.79 Å². The van der Waals surface area contributed by atoms with Gasteiger partial charge in [0.15, 0.2) is 0 Å². The van der Waals surface area contributed by atoms with E-state index >= 15 is 0 Å². The molecule has 0 bridgehead atoms. The first kappa shape index (κ1) is 19.0. The highest BCUT2D eigenvalue weighted by Gasteiger charge is 2.14. The Bertz CT molecular complexity index is 1050. The monoisotopic (exact) mass is 399 g/mol. The van der Waals surface area contributed by atoms with Crippen molar-refractivity contribution >= 4 is 40.8 Å². The van der Waals surface area contributed by atoms with Gasteiger partial charge in [-0.3, -0.25) is 4.79 Å². The topological polar surface area (TPSA) is 66.4 Å². The Labute approximate surface area is 166 Å². The van der Waals surface area contributed by atoms with Crippen molar-refractivity contribution in [2.45, 2.75) is 6.92 Å². The highest BCUT2D eigenvalue weighted by Crippen LogP contribution is 2.28. The summed E-state index contributed by atoms with van der Waals surface area (Å²) in [6, 6.07) is 17.0. The minimum Gasteiger partial charge on any atom is -0.478 e. The number of carboxylic acid groups (broad SMARTS) is 1. The summed E-state index contributed by atoms with van der Waals surface area (Å²) >= 11 is 12.3. The number of amides is 1. The number of rotatable bonds is 4. The van der Waals surface area contributed by atoms with Crippen molar-refractivity contribution in [3.8, 4) is 11.1 Å². The van der Waals surface area contributed by atoms with Gasteiger partial charge in [0.25, 0.3) is 5.91 Å². The van der Waals surface area contributed by atoms with Crippen LogP contribution in [-0.2, 0) is 0 Å². The Hall–Kier alpha value is -2.82. The van der Waals surface area contributed by atoms with E-state index < -0.39 is 5.97 Å². The maximum Gasteiger partial charge on any atom is 0.335 e. The summed E-state index contributed by atoms with van der Waals surface area (Å²) in [6.07, 6.45) is 0. The van der Waals surface area contributed by atoms with E-state index in [0.717, 1.165) is 11.1 Å². The van der Waals surface area contributed by atoms with Gasteiger partial charge in [-0.2, -0.15) is 0 Å². The van der Waals surface area contributed by atoms with Crippen molar-refractivity contribution in [3.05, 3.63) is 87.4 Å². The molecule has 0 radical (unpaired) electrons. The van der Waals surface area contributed by atoms with E-state index in [2.05, 4.69) is 5.32 Å². The molecule has 3 aromatic rings. The highest BCUT2D eigenvalue weighted by molar-refractivity contribution is 6.34. The van der Waals surface area contributed by atoms with Crippen molar-refractivity contribution in [3.63, 3.8) is 0 Å². The fourth-order valence-corrected chi connectivity index (χ4v) is 3.07. The van der Waals surface area contributed by atoms with Crippen LogP contribution in [0.1, 0.15) is 26.3 Å². The SMILES string of the molecule is Cc1cc(C(=O)O)ccc1NC(=O)c1cc(-c2cccc(Cl)c2)ccc1Cl. The predicted molar refractivity (Wildman–Crippen MR) is 108 cm³/mol. The summed E-state index contributed by atoms with van der Waals surface area (Å²) in [5.74, 6) is -1.40. The molecule has 0 fully saturated rings. The zero-order valence-corrected chi connectivity index (χ0v) is 15.8. The van der Waals surface area contributed by atoms with E-state index in [1.807, 2.05) is 18.2 Å². The van der Waals surface area contributed by atoms with Gasteiger partial charge in [-0.1, -0.05) is 41.4 Å². The molecular weight excluding hydrogens is 385 g/mol. The molecular formula is C21H15Cl2NO3. The van der Waals surface area contributed by atoms with Crippen LogP contribution in [0.25, 0.3) is 11.1 Å². The molecule has 2 N–H and O–H groups in total. The second kappa shape index (κ2) is 7.82. The van der Waals surface area contributed by atoms with Gasteiger partial charge in [-0.05, 0) is 66.1 Å². The molecule has 0 atom stereocenters. The molecule has 0 spiro atoms. The van der Waals surface area contributed by atoms with Gasteiger partial charge in [0.1, 0.15) is 0 Å². The third-order valence-corrected chi connectivity index (χ3v) is 4.66. The lowest BCUT2D eigenvalue weighted by molar-refractivity contribution is 0.0696. The molecule has 0 aromatic heterocycles. The fraction of sp³-hybridized carbons (Fsp3) is 0.0476. The van der Waals surface area contributed by atoms with Gasteiger partial charge in [0.05, 0.1) is 16.1 Å². The van der Waals surface area contributed by atoms with Crippen LogP contribution < -0.4 is 5.32 Å². The van der Waals surface area contributed by atoms with Crippen LogP contribution >= 0.6 is 23.2 Å². The normalized spacial score (nSPS) is 10.5. The van der Waals surface area contributed by atoms with Crippen LogP contribution in [0.15, 0.2) is 60.7 Å². The van der Waals surface area contributed by atoms with Crippen LogP contribution in [0.2, 0.25) is 10.0 Å². The minimum atomic E-state index is -1.02. The number of hydrogen-bond donors (Lipinski definition) is 2. The summed E-state index contributed by atoms with van der Waals surface area (Å²) in [5.41, 5.74) is 3.32. The maximum atomic E-state index is 12.7. The van der Waals surface area contributed by atoms with Crippen LogP contribution in [-0.4, -0.2) is 17.0 Å². The molecule has 3 aromatic carbocycles. The Morgan fingerprint density at radius 3 is 2.33 bits per heavy atom.